The molecule has 0 saturated heterocycles. The molecule has 1 aliphatic heterocycles. The standard InChI is InChI=1S/C73H61N/c1-5-48-23-7-10-28-54(48)55-29-11-8-24-49(55)42-50-43-66(46(3)52-26-12-14-30-57(52)51-25-9-6-22-45(51)2)63-40-41-65-70(74-68-36-20-18-33-60(68)61-34-19-21-37-69(61)74)44-67(64-39-38-56(50)72(63)73(64)65)71-47(4)53-27-13-15-31-58(53)59-32-16-17-35-62(59)71/h6-14,16-30,32-41,43-44,46-47,60,68,71H,5,15,31,42H2,1-4H3. The van der Waals surface area contributed by atoms with Crippen molar-refractivity contribution < 1.29 is 0 Å². The number of hydrogen-bond donors (Lipinski definition) is 0. The van der Waals surface area contributed by atoms with Crippen molar-refractivity contribution in [2.45, 2.75) is 77.2 Å². The van der Waals surface area contributed by atoms with Crippen molar-refractivity contribution in [1.29, 1.82) is 0 Å². The fraction of sp³-hybridized carbons (Fsp3) is 0.178. The second-order valence-corrected chi connectivity index (χ2v) is 21.6. The number of para-hydroxylation sites is 1. The number of fused-ring (bicyclic) bond motifs is 5. The molecule has 0 aromatic heterocycles. The Labute approximate surface area is 436 Å². The third-order valence-electron chi connectivity index (χ3n) is 17.8. The Hall–Kier alpha value is -8.00. The Morgan fingerprint density at radius 3 is 1.99 bits per heavy atom. The summed E-state index contributed by atoms with van der Waals surface area (Å²) in [6, 6.07) is 70.4. The summed E-state index contributed by atoms with van der Waals surface area (Å²) in [4.78, 5) is 2.71. The molecule has 0 spiro atoms. The molecule has 3 aliphatic carbocycles. The van der Waals surface area contributed by atoms with Crippen LogP contribution in [0.4, 0.5) is 11.4 Å². The smallest absolute Gasteiger partial charge is 0.0629 e. The van der Waals surface area contributed by atoms with Gasteiger partial charge in [-0.2, -0.15) is 0 Å². The lowest BCUT2D eigenvalue weighted by molar-refractivity contribution is 0.590. The number of benzene rings is 10. The second kappa shape index (κ2) is 17.9. The molecule has 0 bridgehead atoms. The predicted molar refractivity (Wildman–Crippen MR) is 314 cm³/mol. The van der Waals surface area contributed by atoms with Gasteiger partial charge >= 0.3 is 0 Å². The number of allylic oxidation sites excluding steroid dienone is 6. The minimum Gasteiger partial charge on any atom is -0.333 e. The number of aryl methyl sites for hydroxylation is 2. The molecule has 10 aromatic rings. The van der Waals surface area contributed by atoms with Crippen molar-refractivity contribution in [2.24, 2.45) is 5.92 Å². The van der Waals surface area contributed by atoms with Crippen LogP contribution in [0.5, 0.6) is 0 Å². The Morgan fingerprint density at radius 1 is 0.527 bits per heavy atom. The Morgan fingerprint density at radius 2 is 1.16 bits per heavy atom. The minimum absolute atomic E-state index is 0.100. The van der Waals surface area contributed by atoms with E-state index >= 15 is 0 Å². The first-order chi connectivity index (χ1) is 36.5. The van der Waals surface area contributed by atoms with Crippen molar-refractivity contribution >= 4 is 49.3 Å². The highest BCUT2D eigenvalue weighted by Gasteiger charge is 2.40. The van der Waals surface area contributed by atoms with Crippen molar-refractivity contribution in [3.63, 3.8) is 0 Å². The van der Waals surface area contributed by atoms with Crippen LogP contribution in [0.3, 0.4) is 0 Å². The molecular formula is C73H61N. The van der Waals surface area contributed by atoms with Crippen LogP contribution in [0, 0.1) is 12.8 Å². The van der Waals surface area contributed by atoms with Crippen molar-refractivity contribution in [3.05, 3.63) is 280 Å². The molecule has 5 atom stereocenters. The normalized spacial score (nSPS) is 19.1. The van der Waals surface area contributed by atoms with E-state index in [-0.39, 0.29) is 23.8 Å². The second-order valence-electron chi connectivity index (χ2n) is 21.6. The van der Waals surface area contributed by atoms with Crippen molar-refractivity contribution in [3.8, 4) is 22.3 Å². The maximum absolute atomic E-state index is 2.71. The van der Waals surface area contributed by atoms with Crippen LogP contribution < -0.4 is 4.90 Å². The molecule has 10 aromatic carbocycles. The topological polar surface area (TPSA) is 3.24 Å². The van der Waals surface area contributed by atoms with E-state index < -0.39 is 0 Å². The highest BCUT2D eigenvalue weighted by Crippen LogP contribution is 2.56. The summed E-state index contributed by atoms with van der Waals surface area (Å²) >= 11 is 0. The summed E-state index contributed by atoms with van der Waals surface area (Å²) in [6.07, 6.45) is 18.3. The third-order valence-corrected chi connectivity index (χ3v) is 17.8. The van der Waals surface area contributed by atoms with Gasteiger partial charge in [0.2, 0.25) is 0 Å². The van der Waals surface area contributed by atoms with Gasteiger partial charge in [-0.25, -0.2) is 0 Å². The molecule has 5 unspecified atom stereocenters. The highest BCUT2D eigenvalue weighted by atomic mass is 15.2. The first kappa shape index (κ1) is 44.7. The maximum atomic E-state index is 2.71. The molecule has 0 amide bonds. The highest BCUT2D eigenvalue weighted by molar-refractivity contribution is 6.27. The van der Waals surface area contributed by atoms with Gasteiger partial charge < -0.3 is 4.90 Å². The average Bonchev–Trinajstić information content (AvgIpc) is 3.80. The molecule has 0 N–H and O–H groups in total. The number of anilines is 2. The molecule has 1 heterocycles. The van der Waals surface area contributed by atoms with Gasteiger partial charge in [-0.15, -0.1) is 0 Å². The predicted octanol–water partition coefficient (Wildman–Crippen LogP) is 19.1. The summed E-state index contributed by atoms with van der Waals surface area (Å²) in [7, 11) is 0. The number of nitrogens with zero attached hydrogens (tertiary/aromatic N) is 1. The van der Waals surface area contributed by atoms with Gasteiger partial charge in [0.25, 0.3) is 0 Å². The van der Waals surface area contributed by atoms with Gasteiger partial charge in [-0.05, 0) is 167 Å². The van der Waals surface area contributed by atoms with E-state index in [9.17, 15) is 0 Å². The summed E-state index contributed by atoms with van der Waals surface area (Å²) in [5.74, 6) is 0.836. The van der Waals surface area contributed by atoms with Crippen molar-refractivity contribution in [1.82, 2.24) is 0 Å². The molecule has 0 fully saturated rings. The molecule has 4 aliphatic rings. The summed E-state index contributed by atoms with van der Waals surface area (Å²) in [5.41, 5.74) is 24.8. The number of rotatable bonds is 9. The van der Waals surface area contributed by atoms with Gasteiger partial charge in [0.1, 0.15) is 0 Å². The molecular weight excluding hydrogens is 891 g/mol. The fourth-order valence-electron chi connectivity index (χ4n) is 14.4. The molecule has 0 saturated carbocycles. The van der Waals surface area contributed by atoms with Gasteiger partial charge in [0.05, 0.1) is 6.04 Å². The molecule has 14 rings (SSSR count). The van der Waals surface area contributed by atoms with Crippen LogP contribution in [0.1, 0.15) is 107 Å². The van der Waals surface area contributed by atoms with Crippen LogP contribution >= 0.6 is 0 Å². The first-order valence-electron chi connectivity index (χ1n) is 27.3. The van der Waals surface area contributed by atoms with Crippen LogP contribution in [0.2, 0.25) is 0 Å². The minimum atomic E-state index is 0.100. The van der Waals surface area contributed by atoms with Gasteiger partial charge in [-0.3, -0.25) is 0 Å². The monoisotopic (exact) mass is 951 g/mol. The summed E-state index contributed by atoms with van der Waals surface area (Å²) in [5, 5.41) is 8.16. The summed E-state index contributed by atoms with van der Waals surface area (Å²) < 4.78 is 0. The van der Waals surface area contributed by atoms with Gasteiger partial charge in [-0.1, -0.05) is 227 Å². The lowest BCUT2D eigenvalue weighted by Crippen LogP contribution is -2.29. The van der Waals surface area contributed by atoms with E-state index in [1.807, 2.05) is 0 Å². The third kappa shape index (κ3) is 6.89. The quantitative estimate of drug-likeness (QED) is 0.130. The molecule has 1 nitrogen and oxygen atoms in total. The van der Waals surface area contributed by atoms with E-state index in [1.165, 1.54) is 133 Å². The van der Waals surface area contributed by atoms with Gasteiger partial charge in [0, 0.05) is 34.5 Å². The zero-order chi connectivity index (χ0) is 49.6. The van der Waals surface area contributed by atoms with Crippen LogP contribution in [-0.4, -0.2) is 6.04 Å². The number of hydrogen-bond acceptors (Lipinski definition) is 1. The van der Waals surface area contributed by atoms with Crippen LogP contribution in [0.25, 0.3) is 60.1 Å². The summed E-state index contributed by atoms with van der Waals surface area (Å²) in [6.45, 7) is 9.51. The maximum Gasteiger partial charge on any atom is 0.0629 e. The molecule has 0 radical (unpaired) electrons. The van der Waals surface area contributed by atoms with E-state index in [0.717, 1.165) is 25.7 Å². The Kier molecular flexibility index (Phi) is 10.8. The van der Waals surface area contributed by atoms with Crippen LogP contribution in [0.15, 0.2) is 224 Å². The van der Waals surface area contributed by atoms with Gasteiger partial charge in [0.15, 0.2) is 0 Å². The van der Waals surface area contributed by atoms with E-state index in [0.29, 0.717) is 5.92 Å². The zero-order valence-electron chi connectivity index (χ0n) is 42.9. The van der Waals surface area contributed by atoms with E-state index in [4.69, 9.17) is 0 Å². The SMILES string of the molecule is CCc1ccccc1-c1ccccc1Cc1cc(C(C)c2ccccc2-c2ccccc2C)c2ccc3c(N4c5ccccc5C5C=CC=CC54)cc(C4c5ccccc5C5=C(C=CCC5)C4C)c4ccc1c2c43. The van der Waals surface area contributed by atoms with Crippen molar-refractivity contribution in [2.75, 3.05) is 4.90 Å². The fourth-order valence-corrected chi connectivity index (χ4v) is 14.4. The van der Waals surface area contributed by atoms with Crippen LogP contribution in [-0.2, 0) is 12.8 Å². The Bertz CT molecular complexity index is 4000. The zero-order valence-corrected chi connectivity index (χ0v) is 42.9. The van der Waals surface area contributed by atoms with E-state index in [1.54, 1.807) is 0 Å². The molecule has 358 valence electrons. The lowest BCUT2D eigenvalue weighted by Gasteiger charge is -2.38. The average molecular weight is 952 g/mol. The molecule has 1 heteroatoms. The molecule has 74 heavy (non-hydrogen) atoms. The first-order valence-corrected chi connectivity index (χ1v) is 27.3. The van der Waals surface area contributed by atoms with E-state index in [2.05, 4.69) is 251 Å². The lowest BCUT2D eigenvalue weighted by atomic mass is 9.66. The largest absolute Gasteiger partial charge is 0.333 e. The Balaban J connectivity index is 1.09.